The minimum Gasteiger partial charge on any atom is -0.454 e. The second kappa shape index (κ2) is 4.92. The molecule has 1 N–H and O–H groups in total. The van der Waals surface area contributed by atoms with Crippen LogP contribution in [-0.2, 0) is 4.74 Å². The Labute approximate surface area is 95.3 Å². The Morgan fingerprint density at radius 2 is 2.19 bits per heavy atom. The Morgan fingerprint density at radius 1 is 1.50 bits per heavy atom. The fourth-order valence-corrected chi connectivity index (χ4v) is 1.06. The lowest BCUT2D eigenvalue weighted by Crippen LogP contribution is -2.25. The summed E-state index contributed by atoms with van der Waals surface area (Å²) < 4.78 is 5.17. The van der Waals surface area contributed by atoms with E-state index >= 15 is 0 Å². The molecule has 0 atom stereocenters. The molecule has 88 valence electrons. The molecule has 0 saturated carbocycles. The summed E-state index contributed by atoms with van der Waals surface area (Å²) in [5, 5.41) is 3.01. The van der Waals surface area contributed by atoms with Gasteiger partial charge in [0.2, 0.25) is 5.82 Å². The number of rotatable bonds is 3. The van der Waals surface area contributed by atoms with Gasteiger partial charge in [-0.25, -0.2) is 14.8 Å². The van der Waals surface area contributed by atoms with Crippen LogP contribution in [0.1, 0.15) is 38.3 Å². The second-order valence-electron chi connectivity index (χ2n) is 4.30. The first-order valence-corrected chi connectivity index (χ1v) is 5.22. The molecule has 0 aliphatic rings. The Kier molecular flexibility index (Phi) is 3.82. The lowest BCUT2D eigenvalue weighted by molar-refractivity contribution is 0.00557. The van der Waals surface area contributed by atoms with E-state index in [1.54, 1.807) is 26.8 Å². The Bertz CT molecular complexity index is 372. The smallest absolute Gasteiger partial charge is 0.376 e. The lowest BCUT2D eigenvalue weighted by Gasteiger charge is -2.18. The van der Waals surface area contributed by atoms with Gasteiger partial charge in [0, 0.05) is 12.7 Å². The highest BCUT2D eigenvalue weighted by molar-refractivity contribution is 5.85. The first-order valence-electron chi connectivity index (χ1n) is 5.22. The number of aromatic nitrogens is 2. The third-order valence-electron chi connectivity index (χ3n) is 1.59. The standard InChI is InChI=1S/C11H17N3O2/c1-5-12-8-6-7-13-9(14-8)10(15)16-11(2,3)4/h6-7H,5H2,1-4H3,(H,12,13,14). The maximum absolute atomic E-state index is 11.6. The molecule has 1 aromatic rings. The van der Waals surface area contributed by atoms with Gasteiger partial charge in [-0.2, -0.15) is 0 Å². The number of ether oxygens (including phenoxy) is 1. The van der Waals surface area contributed by atoms with Crippen LogP contribution >= 0.6 is 0 Å². The zero-order valence-corrected chi connectivity index (χ0v) is 10.1. The van der Waals surface area contributed by atoms with E-state index in [0.29, 0.717) is 5.82 Å². The van der Waals surface area contributed by atoms with Crippen molar-refractivity contribution in [3.05, 3.63) is 18.1 Å². The first kappa shape index (κ1) is 12.4. The fraction of sp³-hybridized carbons (Fsp3) is 0.545. The normalized spacial score (nSPS) is 11.0. The van der Waals surface area contributed by atoms with Crippen LogP contribution in [0.5, 0.6) is 0 Å². The molecule has 1 rings (SSSR count). The van der Waals surface area contributed by atoms with Crippen LogP contribution in [0.4, 0.5) is 5.82 Å². The maximum Gasteiger partial charge on any atom is 0.376 e. The summed E-state index contributed by atoms with van der Waals surface area (Å²) in [5.41, 5.74) is -0.533. The van der Waals surface area contributed by atoms with Crippen LogP contribution in [0.2, 0.25) is 0 Å². The van der Waals surface area contributed by atoms with Crippen molar-refractivity contribution in [1.29, 1.82) is 0 Å². The third kappa shape index (κ3) is 3.84. The Hall–Kier alpha value is -1.65. The Morgan fingerprint density at radius 3 is 2.75 bits per heavy atom. The number of esters is 1. The SMILES string of the molecule is CCNc1ccnc(C(=O)OC(C)(C)C)n1. The van der Waals surface area contributed by atoms with Crippen LogP contribution in [0.15, 0.2) is 12.3 Å². The molecular formula is C11H17N3O2. The van der Waals surface area contributed by atoms with Gasteiger partial charge in [0.1, 0.15) is 11.4 Å². The highest BCUT2D eigenvalue weighted by atomic mass is 16.6. The van der Waals surface area contributed by atoms with E-state index in [-0.39, 0.29) is 5.82 Å². The van der Waals surface area contributed by atoms with E-state index in [0.717, 1.165) is 6.54 Å². The average molecular weight is 223 g/mol. The molecule has 0 saturated heterocycles. The number of hydrogen-bond donors (Lipinski definition) is 1. The van der Waals surface area contributed by atoms with Crippen molar-refractivity contribution in [2.45, 2.75) is 33.3 Å². The van der Waals surface area contributed by atoms with Crippen molar-refractivity contribution in [2.75, 3.05) is 11.9 Å². The maximum atomic E-state index is 11.6. The zero-order valence-electron chi connectivity index (χ0n) is 10.1. The largest absolute Gasteiger partial charge is 0.454 e. The summed E-state index contributed by atoms with van der Waals surface area (Å²) in [5.74, 6) is 0.194. The highest BCUT2D eigenvalue weighted by Crippen LogP contribution is 2.10. The molecule has 0 unspecified atom stereocenters. The molecule has 0 aromatic carbocycles. The highest BCUT2D eigenvalue weighted by Gasteiger charge is 2.20. The number of hydrogen-bond acceptors (Lipinski definition) is 5. The molecule has 0 bridgehead atoms. The molecule has 0 aliphatic heterocycles. The van der Waals surface area contributed by atoms with E-state index in [4.69, 9.17) is 4.74 Å². The average Bonchev–Trinajstić information content (AvgIpc) is 2.16. The van der Waals surface area contributed by atoms with Crippen LogP contribution in [0.25, 0.3) is 0 Å². The molecule has 0 radical (unpaired) electrons. The summed E-state index contributed by atoms with van der Waals surface area (Å²) in [6, 6.07) is 1.71. The zero-order chi connectivity index (χ0) is 12.2. The van der Waals surface area contributed by atoms with Crippen molar-refractivity contribution >= 4 is 11.8 Å². The molecule has 5 heteroatoms. The molecule has 0 fully saturated rings. The van der Waals surface area contributed by atoms with E-state index in [2.05, 4.69) is 15.3 Å². The van der Waals surface area contributed by atoms with Crippen LogP contribution in [-0.4, -0.2) is 28.1 Å². The van der Waals surface area contributed by atoms with Crippen molar-refractivity contribution in [3.63, 3.8) is 0 Å². The topological polar surface area (TPSA) is 64.1 Å². The second-order valence-corrected chi connectivity index (χ2v) is 4.30. The van der Waals surface area contributed by atoms with E-state index in [1.807, 2.05) is 6.92 Å². The molecule has 0 amide bonds. The van der Waals surface area contributed by atoms with Gasteiger partial charge in [-0.3, -0.25) is 0 Å². The van der Waals surface area contributed by atoms with Gasteiger partial charge in [-0.1, -0.05) is 0 Å². The van der Waals surface area contributed by atoms with E-state index in [1.165, 1.54) is 6.20 Å². The lowest BCUT2D eigenvalue weighted by atomic mass is 10.2. The summed E-state index contributed by atoms with van der Waals surface area (Å²) in [6.07, 6.45) is 1.53. The fourth-order valence-electron chi connectivity index (χ4n) is 1.06. The number of anilines is 1. The van der Waals surface area contributed by atoms with Gasteiger partial charge >= 0.3 is 5.97 Å². The molecule has 1 aromatic heterocycles. The number of nitrogens with one attached hydrogen (secondary N) is 1. The van der Waals surface area contributed by atoms with Gasteiger partial charge in [-0.05, 0) is 33.8 Å². The monoisotopic (exact) mass is 223 g/mol. The van der Waals surface area contributed by atoms with Crippen LogP contribution in [0, 0.1) is 0 Å². The molecule has 0 spiro atoms. The van der Waals surface area contributed by atoms with Gasteiger partial charge in [-0.15, -0.1) is 0 Å². The van der Waals surface area contributed by atoms with Crippen molar-refractivity contribution < 1.29 is 9.53 Å². The summed E-state index contributed by atoms with van der Waals surface area (Å²) >= 11 is 0. The minimum atomic E-state index is -0.533. The molecule has 0 aliphatic carbocycles. The van der Waals surface area contributed by atoms with Gasteiger partial charge in [0.05, 0.1) is 0 Å². The van der Waals surface area contributed by atoms with Gasteiger partial charge in [0.15, 0.2) is 0 Å². The summed E-state index contributed by atoms with van der Waals surface area (Å²) in [6.45, 7) is 8.11. The van der Waals surface area contributed by atoms with Gasteiger partial charge in [0.25, 0.3) is 0 Å². The quantitative estimate of drug-likeness (QED) is 0.792. The van der Waals surface area contributed by atoms with Crippen molar-refractivity contribution in [3.8, 4) is 0 Å². The van der Waals surface area contributed by atoms with Gasteiger partial charge < -0.3 is 10.1 Å². The number of carbonyl (C=O) groups is 1. The van der Waals surface area contributed by atoms with E-state index < -0.39 is 11.6 Å². The van der Waals surface area contributed by atoms with Crippen LogP contribution < -0.4 is 5.32 Å². The number of nitrogens with zero attached hydrogens (tertiary/aromatic N) is 2. The number of carbonyl (C=O) groups excluding carboxylic acids is 1. The van der Waals surface area contributed by atoms with Crippen molar-refractivity contribution in [1.82, 2.24) is 9.97 Å². The van der Waals surface area contributed by atoms with Crippen molar-refractivity contribution in [2.24, 2.45) is 0 Å². The van der Waals surface area contributed by atoms with E-state index in [9.17, 15) is 4.79 Å². The third-order valence-corrected chi connectivity index (χ3v) is 1.59. The Balaban J connectivity index is 2.79. The molecule has 16 heavy (non-hydrogen) atoms. The predicted octanol–water partition coefficient (Wildman–Crippen LogP) is 1.86. The van der Waals surface area contributed by atoms with Crippen LogP contribution in [0.3, 0.4) is 0 Å². The molecule has 5 nitrogen and oxygen atoms in total. The molecular weight excluding hydrogens is 206 g/mol. The summed E-state index contributed by atoms with van der Waals surface area (Å²) in [7, 11) is 0. The summed E-state index contributed by atoms with van der Waals surface area (Å²) in [4.78, 5) is 19.6. The minimum absolute atomic E-state index is 0.0772. The first-order chi connectivity index (χ1) is 7.42. The predicted molar refractivity (Wildman–Crippen MR) is 61.4 cm³/mol. The molecule has 1 heterocycles.